The van der Waals surface area contributed by atoms with Crippen LogP contribution in [-0.2, 0) is 47.8 Å². The molecule has 22 atom stereocenters. The minimum Gasteiger partial charge on any atom is -0.362 e. The van der Waals surface area contributed by atoms with Crippen molar-refractivity contribution in [3.8, 4) is 0 Å². The van der Waals surface area contributed by atoms with Gasteiger partial charge in [0.1, 0.15) is 48.6 Å². The molecule has 10 rings (SSSR count). The van der Waals surface area contributed by atoms with Crippen molar-refractivity contribution in [3.63, 3.8) is 0 Å². The largest absolute Gasteiger partial charge is 0.403 e. The van der Waals surface area contributed by atoms with Gasteiger partial charge in [0, 0.05) is 24.3 Å². The molecule has 10 aliphatic rings. The quantitative estimate of drug-likeness (QED) is 0.182. The average Bonchev–Trinajstić information content (AvgIpc) is 1.74. The Morgan fingerprint density at radius 2 is 0.506 bits per heavy atom. The van der Waals surface area contributed by atoms with E-state index in [1.54, 1.807) is 0 Å². The highest BCUT2D eigenvalue weighted by molar-refractivity contribution is 6.14. The fraction of sp³-hybridized carbons (Fsp3) is 0.765. The first-order valence-electron chi connectivity index (χ1n) is 27.0. The van der Waals surface area contributed by atoms with Crippen molar-refractivity contribution in [2.45, 2.75) is 198 Å². The molecule has 87 heavy (non-hydrogen) atoms. The van der Waals surface area contributed by atoms with Crippen LogP contribution >= 0.6 is 0 Å². The monoisotopic (exact) mass is 1290 g/mol. The summed E-state index contributed by atoms with van der Waals surface area (Å²) in [6, 6.07) is -12.3. The number of nitrogens with zero attached hydrogens (tertiary/aromatic N) is 4. The molecule has 6 aliphatic carbocycles. The molecule has 36 heteroatoms. The molecule has 0 N–H and O–H groups in total. The van der Waals surface area contributed by atoms with E-state index in [2.05, 4.69) is 9.47 Å². The van der Waals surface area contributed by atoms with Crippen molar-refractivity contribution in [2.75, 3.05) is 0 Å². The standard InChI is InChI=1S/C51H46F22N4O10/c52-21-29(60)41(30(61)22(53)37(21)74-17(78)5-6-18(74)79)86-43-33(64)25(56)39(26(57)34(43)65)76-45(82)13-3-1-11(9-15(13)47(76)84)49(50(68,69)70,51(71,72)73)12-2-4-14-16(10-12)48(85)77(46(14)83)40-27(58)35(66)44(36(67)28(40)59)87-42-31(62)23(54)38(24(55)32(42)63)75-19(80)7-8-20(75)81/h5-8,11-16,21-44H,1-4,9-10H2. The molecule has 22 unspecified atom stereocenters. The van der Waals surface area contributed by atoms with Crippen molar-refractivity contribution < 1.29 is 144 Å². The molecular weight excluding hydrogens is 1250 g/mol. The number of rotatable bonds is 10. The van der Waals surface area contributed by atoms with Gasteiger partial charge in [-0.3, -0.25) is 58.0 Å². The molecule has 8 fully saturated rings. The smallest absolute Gasteiger partial charge is 0.362 e. The molecule has 4 heterocycles. The molecule has 6 saturated carbocycles. The molecule has 0 bridgehead atoms. The van der Waals surface area contributed by atoms with E-state index >= 15 is 96.6 Å². The highest BCUT2D eigenvalue weighted by Crippen LogP contribution is 2.67. The second kappa shape index (κ2) is 22.4. The number of imide groups is 4. The van der Waals surface area contributed by atoms with Crippen molar-refractivity contribution in [2.24, 2.45) is 40.9 Å². The van der Waals surface area contributed by atoms with Crippen LogP contribution in [-0.4, -0.2) is 227 Å². The van der Waals surface area contributed by atoms with E-state index in [1.165, 1.54) is 0 Å². The molecule has 2 saturated heterocycles. The first-order chi connectivity index (χ1) is 40.5. The predicted octanol–water partition coefficient (Wildman–Crippen LogP) is 6.20. The summed E-state index contributed by atoms with van der Waals surface area (Å²) in [5.41, 5.74) is -5.11. The normalized spacial score (nSPS) is 47.5. The summed E-state index contributed by atoms with van der Waals surface area (Å²) in [6.07, 6.45) is -90.5. The maximum Gasteiger partial charge on any atom is 0.403 e. The van der Waals surface area contributed by atoms with Crippen LogP contribution in [0.25, 0.3) is 0 Å². The van der Waals surface area contributed by atoms with E-state index in [-0.39, 0.29) is 9.80 Å². The number of amides is 8. The molecule has 484 valence electrons. The molecule has 0 aromatic heterocycles. The van der Waals surface area contributed by atoms with Crippen molar-refractivity contribution in [3.05, 3.63) is 24.3 Å². The lowest BCUT2D eigenvalue weighted by Gasteiger charge is -2.52. The fourth-order valence-electron chi connectivity index (χ4n) is 15.1. The van der Waals surface area contributed by atoms with E-state index in [0.29, 0.717) is 24.3 Å². The van der Waals surface area contributed by atoms with Gasteiger partial charge in [0.05, 0.1) is 23.7 Å². The van der Waals surface area contributed by atoms with Gasteiger partial charge in [0.2, 0.25) is 23.6 Å². The number of carbonyl (C=O) groups is 8. The summed E-state index contributed by atoms with van der Waals surface area (Å²) < 4.78 is 355. The maximum atomic E-state index is 16.1. The predicted molar refractivity (Wildman–Crippen MR) is 240 cm³/mol. The lowest BCUT2D eigenvalue weighted by atomic mass is 9.54. The summed E-state index contributed by atoms with van der Waals surface area (Å²) in [4.78, 5) is 102. The number of alkyl halides is 22. The Kier molecular flexibility index (Phi) is 16.6. The van der Waals surface area contributed by atoms with E-state index in [9.17, 15) is 38.4 Å². The second-order valence-electron chi connectivity index (χ2n) is 23.4. The Labute approximate surface area is 474 Å². The minimum absolute atomic E-state index is 0.217. The van der Waals surface area contributed by atoms with Gasteiger partial charge in [0.15, 0.2) is 104 Å². The van der Waals surface area contributed by atoms with Gasteiger partial charge >= 0.3 is 12.4 Å². The zero-order valence-corrected chi connectivity index (χ0v) is 43.6. The molecular formula is C51H46F22N4O10. The van der Waals surface area contributed by atoms with E-state index in [1.807, 2.05) is 0 Å². The van der Waals surface area contributed by atoms with Crippen LogP contribution in [0.15, 0.2) is 24.3 Å². The molecule has 0 spiro atoms. The van der Waals surface area contributed by atoms with Gasteiger partial charge in [-0.25, -0.2) is 70.2 Å². The van der Waals surface area contributed by atoms with Gasteiger partial charge in [-0.05, 0) is 50.4 Å². The Morgan fingerprint density at radius 3 is 0.724 bits per heavy atom. The third-order valence-electron chi connectivity index (χ3n) is 19.2. The summed E-state index contributed by atoms with van der Waals surface area (Å²) in [6.45, 7) is 0. The summed E-state index contributed by atoms with van der Waals surface area (Å²) in [5.74, 6) is -28.1. The summed E-state index contributed by atoms with van der Waals surface area (Å²) in [7, 11) is 0. The van der Waals surface area contributed by atoms with Crippen molar-refractivity contribution in [1.82, 2.24) is 19.6 Å². The SMILES string of the molecule is O=C1C=CC(=O)N1C1C(F)C(F)C(OC2C(F)C(F)C(N3C(=O)C4CCC(C(C5CCC6C(=O)N(C7C(F)C(F)C(OC8C(F)C(F)C(N9C(=O)C=CC9=O)C(F)C8F)C(F)C7F)C(=O)C6C5)(C(F)(F)F)C(F)(F)F)CC4C3=O)C(F)C2F)C(F)C1F. The number of halogens is 22. The van der Waals surface area contributed by atoms with Gasteiger partial charge in [-0.1, -0.05) is 0 Å². The Balaban J connectivity index is 0.839. The second-order valence-corrected chi connectivity index (χ2v) is 23.4. The fourth-order valence-corrected chi connectivity index (χ4v) is 15.1. The van der Waals surface area contributed by atoms with Crippen molar-refractivity contribution in [1.29, 1.82) is 0 Å². The minimum atomic E-state index is -6.52. The van der Waals surface area contributed by atoms with Crippen LogP contribution in [0.2, 0.25) is 0 Å². The average molecular weight is 1290 g/mol. The third-order valence-corrected chi connectivity index (χ3v) is 19.2. The highest BCUT2D eigenvalue weighted by Gasteiger charge is 2.79. The van der Waals surface area contributed by atoms with Gasteiger partial charge in [-0.15, -0.1) is 0 Å². The summed E-state index contributed by atoms with van der Waals surface area (Å²) >= 11 is 0. The van der Waals surface area contributed by atoms with Crippen LogP contribution < -0.4 is 0 Å². The molecule has 0 aromatic rings. The first-order valence-corrected chi connectivity index (χ1v) is 27.0. The third kappa shape index (κ3) is 9.48. The highest BCUT2D eigenvalue weighted by atomic mass is 19.4. The summed E-state index contributed by atoms with van der Waals surface area (Å²) in [5, 5.41) is 0. The zero-order chi connectivity index (χ0) is 64.2. The molecule has 4 aliphatic heterocycles. The van der Waals surface area contributed by atoms with Gasteiger partial charge in [0.25, 0.3) is 23.6 Å². The number of hydrogen-bond donors (Lipinski definition) is 0. The number of carbonyl (C=O) groups excluding carboxylic acids is 8. The maximum absolute atomic E-state index is 16.1. The lowest BCUT2D eigenvalue weighted by Crippen LogP contribution is -2.69. The van der Waals surface area contributed by atoms with E-state index in [4.69, 9.17) is 0 Å². The number of fused-ring (bicyclic) bond motifs is 2. The van der Waals surface area contributed by atoms with Crippen LogP contribution in [0.4, 0.5) is 96.6 Å². The topological polar surface area (TPSA) is 168 Å². The molecule has 14 nitrogen and oxygen atoms in total. The van der Waals surface area contributed by atoms with E-state index in [0.717, 1.165) is 0 Å². The van der Waals surface area contributed by atoms with Gasteiger partial charge in [-0.2, -0.15) is 26.3 Å². The number of hydrogen-bond acceptors (Lipinski definition) is 10. The van der Waals surface area contributed by atoms with Crippen LogP contribution in [0.3, 0.4) is 0 Å². The van der Waals surface area contributed by atoms with Crippen LogP contribution in [0.5, 0.6) is 0 Å². The number of likely N-dealkylation sites (tertiary alicyclic amines) is 2. The Bertz CT molecular complexity index is 2590. The first kappa shape index (κ1) is 64.4. The van der Waals surface area contributed by atoms with Gasteiger partial charge < -0.3 is 9.47 Å². The zero-order valence-electron chi connectivity index (χ0n) is 43.6. The molecule has 8 amide bonds. The van der Waals surface area contributed by atoms with Crippen LogP contribution in [0, 0.1) is 40.9 Å². The lowest BCUT2D eigenvalue weighted by molar-refractivity contribution is -0.383. The Hall–Kier alpha value is -5.58. The van der Waals surface area contributed by atoms with Crippen LogP contribution in [0.1, 0.15) is 38.5 Å². The van der Waals surface area contributed by atoms with E-state index < -0.39 is 296 Å². The Morgan fingerprint density at radius 1 is 0.299 bits per heavy atom. The van der Waals surface area contributed by atoms with Crippen molar-refractivity contribution >= 4 is 47.3 Å². The molecule has 0 radical (unpaired) electrons. The number of ether oxygens (including phenoxy) is 2. The molecule has 0 aromatic carbocycles.